The van der Waals surface area contributed by atoms with E-state index in [1.807, 2.05) is 17.1 Å². The zero-order chi connectivity index (χ0) is 11.4. The number of aliphatic hydroxyl groups is 1. The number of rotatable bonds is 5. The van der Waals surface area contributed by atoms with E-state index in [2.05, 4.69) is 32.8 Å². The summed E-state index contributed by atoms with van der Waals surface area (Å²) in [5.74, 6) is 0.844. The summed E-state index contributed by atoms with van der Waals surface area (Å²) in [4.78, 5) is 0. The lowest BCUT2D eigenvalue weighted by Gasteiger charge is -2.21. The molecule has 2 atom stereocenters. The van der Waals surface area contributed by atoms with Crippen LogP contribution >= 0.6 is 0 Å². The van der Waals surface area contributed by atoms with E-state index in [4.69, 9.17) is 0 Å². The Kier molecular flexibility index (Phi) is 4.33. The molecule has 0 aromatic carbocycles. The minimum Gasteiger partial charge on any atom is -0.392 e. The van der Waals surface area contributed by atoms with Gasteiger partial charge in [-0.3, -0.25) is 4.68 Å². The van der Waals surface area contributed by atoms with E-state index >= 15 is 0 Å². The van der Waals surface area contributed by atoms with E-state index in [0.717, 1.165) is 12.1 Å². The molecular weight excluding hydrogens is 188 g/mol. The van der Waals surface area contributed by atoms with Crippen LogP contribution in [0.4, 0.5) is 0 Å². The first kappa shape index (κ1) is 12.2. The van der Waals surface area contributed by atoms with E-state index in [0.29, 0.717) is 18.3 Å². The van der Waals surface area contributed by atoms with E-state index in [-0.39, 0.29) is 6.10 Å². The van der Waals surface area contributed by atoms with Crippen molar-refractivity contribution in [1.29, 1.82) is 0 Å². The molecule has 0 aliphatic heterocycles. The monoisotopic (exact) mass is 210 g/mol. The van der Waals surface area contributed by atoms with Crippen LogP contribution in [0.2, 0.25) is 0 Å². The summed E-state index contributed by atoms with van der Waals surface area (Å²) in [7, 11) is 0. The van der Waals surface area contributed by atoms with Gasteiger partial charge in [-0.1, -0.05) is 20.8 Å². The Morgan fingerprint density at radius 2 is 2.07 bits per heavy atom. The lowest BCUT2D eigenvalue weighted by Crippen LogP contribution is -2.24. The van der Waals surface area contributed by atoms with Gasteiger partial charge in [0, 0.05) is 19.2 Å². The molecule has 3 heteroatoms. The third-order valence-corrected chi connectivity index (χ3v) is 3.11. The molecule has 0 amide bonds. The molecule has 1 N–H and O–H groups in total. The fraction of sp³-hybridized carbons (Fsp3) is 0.750. The first-order valence-electron chi connectivity index (χ1n) is 5.74. The van der Waals surface area contributed by atoms with Crippen LogP contribution in [-0.4, -0.2) is 21.0 Å². The van der Waals surface area contributed by atoms with Gasteiger partial charge in [0.2, 0.25) is 0 Å². The van der Waals surface area contributed by atoms with Crippen molar-refractivity contribution in [3.05, 3.63) is 18.0 Å². The molecule has 0 fully saturated rings. The highest BCUT2D eigenvalue weighted by Gasteiger charge is 2.18. The van der Waals surface area contributed by atoms with Gasteiger partial charge in [0.15, 0.2) is 0 Å². The van der Waals surface area contributed by atoms with Crippen LogP contribution in [0.5, 0.6) is 0 Å². The van der Waals surface area contributed by atoms with Crippen molar-refractivity contribution < 1.29 is 5.11 Å². The Morgan fingerprint density at radius 3 is 2.53 bits per heavy atom. The van der Waals surface area contributed by atoms with Gasteiger partial charge in [-0.2, -0.15) is 5.10 Å². The zero-order valence-electron chi connectivity index (χ0n) is 10.1. The van der Waals surface area contributed by atoms with Crippen molar-refractivity contribution in [2.45, 2.75) is 46.8 Å². The first-order valence-corrected chi connectivity index (χ1v) is 5.74. The topological polar surface area (TPSA) is 38.0 Å². The molecule has 86 valence electrons. The van der Waals surface area contributed by atoms with Gasteiger partial charge >= 0.3 is 0 Å². The number of nitrogens with zero attached hydrogens (tertiary/aromatic N) is 2. The molecule has 1 rings (SSSR count). The number of hydrogen-bond donors (Lipinski definition) is 1. The molecule has 0 aliphatic rings. The second-order valence-electron chi connectivity index (χ2n) is 4.58. The fourth-order valence-corrected chi connectivity index (χ4v) is 1.56. The van der Waals surface area contributed by atoms with Crippen LogP contribution < -0.4 is 0 Å². The summed E-state index contributed by atoms with van der Waals surface area (Å²) in [6.07, 6.45) is 4.30. The average molecular weight is 210 g/mol. The number of hydrogen-bond acceptors (Lipinski definition) is 2. The predicted octanol–water partition coefficient (Wildman–Crippen LogP) is 2.10. The molecule has 1 aromatic heterocycles. The maximum Gasteiger partial charge on any atom is 0.0609 e. The Hall–Kier alpha value is -0.830. The molecule has 0 aliphatic carbocycles. The summed E-state index contributed by atoms with van der Waals surface area (Å²) < 4.78 is 1.89. The second-order valence-corrected chi connectivity index (χ2v) is 4.58. The molecule has 1 aromatic rings. The minimum absolute atomic E-state index is 0.264. The average Bonchev–Trinajstić information content (AvgIpc) is 2.64. The van der Waals surface area contributed by atoms with Crippen LogP contribution in [0.1, 0.15) is 33.3 Å². The maximum atomic E-state index is 9.99. The standard InChI is InChI=1S/C12H22N2O/c1-5-14-8-11(7-13-14)6-12(15)10(4)9(2)3/h7-10,12,15H,5-6H2,1-4H3. The highest BCUT2D eigenvalue weighted by atomic mass is 16.3. The van der Waals surface area contributed by atoms with E-state index in [1.165, 1.54) is 0 Å². The molecule has 0 saturated heterocycles. The quantitative estimate of drug-likeness (QED) is 0.808. The molecule has 3 nitrogen and oxygen atoms in total. The summed E-state index contributed by atoms with van der Waals surface area (Å²) in [6.45, 7) is 9.33. The Bertz CT molecular complexity index is 294. The molecule has 0 spiro atoms. The smallest absolute Gasteiger partial charge is 0.0609 e. The summed E-state index contributed by atoms with van der Waals surface area (Å²) in [6, 6.07) is 0. The van der Waals surface area contributed by atoms with Crippen molar-refractivity contribution >= 4 is 0 Å². The third-order valence-electron chi connectivity index (χ3n) is 3.11. The molecular formula is C12H22N2O. The lowest BCUT2D eigenvalue weighted by molar-refractivity contribution is 0.0921. The van der Waals surface area contributed by atoms with Crippen LogP contribution in [-0.2, 0) is 13.0 Å². The van der Waals surface area contributed by atoms with Gasteiger partial charge in [-0.25, -0.2) is 0 Å². The van der Waals surface area contributed by atoms with Gasteiger partial charge in [0.25, 0.3) is 0 Å². The summed E-state index contributed by atoms with van der Waals surface area (Å²) >= 11 is 0. The normalized spacial score (nSPS) is 15.6. The van der Waals surface area contributed by atoms with E-state index in [9.17, 15) is 5.11 Å². The predicted molar refractivity (Wildman–Crippen MR) is 61.6 cm³/mol. The summed E-state index contributed by atoms with van der Waals surface area (Å²) in [5, 5.41) is 14.2. The van der Waals surface area contributed by atoms with Gasteiger partial charge < -0.3 is 5.11 Å². The van der Waals surface area contributed by atoms with Crippen molar-refractivity contribution in [2.24, 2.45) is 11.8 Å². The summed E-state index contributed by atoms with van der Waals surface area (Å²) in [5.41, 5.74) is 1.12. The van der Waals surface area contributed by atoms with Crippen LogP contribution in [0, 0.1) is 11.8 Å². The molecule has 0 radical (unpaired) electrons. The Morgan fingerprint density at radius 1 is 1.40 bits per heavy atom. The van der Waals surface area contributed by atoms with Crippen molar-refractivity contribution in [3.63, 3.8) is 0 Å². The Labute approximate surface area is 92.1 Å². The van der Waals surface area contributed by atoms with Gasteiger partial charge in [0.1, 0.15) is 0 Å². The Balaban J connectivity index is 2.54. The first-order chi connectivity index (χ1) is 7.04. The largest absolute Gasteiger partial charge is 0.392 e. The van der Waals surface area contributed by atoms with Crippen molar-refractivity contribution in [1.82, 2.24) is 9.78 Å². The molecule has 0 saturated carbocycles. The van der Waals surface area contributed by atoms with Crippen LogP contribution in [0.25, 0.3) is 0 Å². The number of aliphatic hydroxyl groups excluding tert-OH is 1. The number of aryl methyl sites for hydroxylation is 1. The molecule has 2 unspecified atom stereocenters. The van der Waals surface area contributed by atoms with Crippen molar-refractivity contribution in [2.75, 3.05) is 0 Å². The fourth-order valence-electron chi connectivity index (χ4n) is 1.56. The van der Waals surface area contributed by atoms with Crippen LogP contribution in [0.15, 0.2) is 12.4 Å². The van der Waals surface area contributed by atoms with Gasteiger partial charge in [-0.05, 0) is 24.3 Å². The second kappa shape index (κ2) is 5.31. The zero-order valence-corrected chi connectivity index (χ0v) is 10.1. The maximum absolute atomic E-state index is 9.99. The number of aromatic nitrogens is 2. The SMILES string of the molecule is CCn1cc(CC(O)C(C)C(C)C)cn1. The molecule has 0 bridgehead atoms. The van der Waals surface area contributed by atoms with Crippen molar-refractivity contribution in [3.8, 4) is 0 Å². The van der Waals surface area contributed by atoms with Crippen LogP contribution in [0.3, 0.4) is 0 Å². The third kappa shape index (κ3) is 3.34. The minimum atomic E-state index is -0.264. The van der Waals surface area contributed by atoms with Gasteiger partial charge in [-0.15, -0.1) is 0 Å². The highest BCUT2D eigenvalue weighted by Crippen LogP contribution is 2.17. The molecule has 1 heterocycles. The highest BCUT2D eigenvalue weighted by molar-refractivity contribution is 5.05. The lowest BCUT2D eigenvalue weighted by atomic mass is 9.89. The van der Waals surface area contributed by atoms with E-state index in [1.54, 1.807) is 0 Å². The van der Waals surface area contributed by atoms with E-state index < -0.39 is 0 Å². The van der Waals surface area contributed by atoms with Gasteiger partial charge in [0.05, 0.1) is 12.3 Å². The molecule has 15 heavy (non-hydrogen) atoms.